The van der Waals surface area contributed by atoms with Crippen LogP contribution in [0.5, 0.6) is 0 Å². The highest BCUT2D eigenvalue weighted by molar-refractivity contribution is 5.78. The molecule has 3 aromatic rings. The summed E-state index contributed by atoms with van der Waals surface area (Å²) in [6, 6.07) is 14.4. The molecular weight excluding hydrogens is 338 g/mol. The maximum absolute atomic E-state index is 12.3. The van der Waals surface area contributed by atoms with Crippen LogP contribution in [0.2, 0.25) is 0 Å². The summed E-state index contributed by atoms with van der Waals surface area (Å²) in [4.78, 5) is 14.6. The molecular formula is C21H25N5O. The Labute approximate surface area is 159 Å². The van der Waals surface area contributed by atoms with E-state index < -0.39 is 0 Å². The third kappa shape index (κ3) is 3.79. The Morgan fingerprint density at radius 2 is 1.81 bits per heavy atom. The van der Waals surface area contributed by atoms with Gasteiger partial charge in [0.25, 0.3) is 0 Å². The normalized spacial score (nSPS) is 15.3. The first-order valence-electron chi connectivity index (χ1n) is 9.51. The maximum atomic E-state index is 12.3. The van der Waals surface area contributed by atoms with Crippen molar-refractivity contribution < 1.29 is 4.79 Å². The van der Waals surface area contributed by atoms with E-state index in [0.717, 1.165) is 48.8 Å². The van der Waals surface area contributed by atoms with Gasteiger partial charge in [-0.3, -0.25) is 9.20 Å². The number of hydrogen-bond donors (Lipinski definition) is 1. The number of carbonyl (C=O) groups is 1. The second-order valence-corrected chi connectivity index (χ2v) is 7.35. The van der Waals surface area contributed by atoms with Gasteiger partial charge in [-0.2, -0.15) is 0 Å². The summed E-state index contributed by atoms with van der Waals surface area (Å²) < 4.78 is 2.09. The van der Waals surface area contributed by atoms with E-state index in [1.807, 2.05) is 36.4 Å². The van der Waals surface area contributed by atoms with Gasteiger partial charge in [0.15, 0.2) is 5.65 Å². The standard InChI is InChI=1S/C21H25N5O/c1-15-6-8-17(9-7-15)14-20(27)22-18-10-12-25(13-11-18)21-24-23-19-5-3-4-16(2)26(19)21/h3-9,18H,10-14H2,1-2H3,(H,22,27). The van der Waals surface area contributed by atoms with E-state index in [4.69, 9.17) is 0 Å². The smallest absolute Gasteiger partial charge is 0.231 e. The molecule has 140 valence electrons. The molecule has 1 N–H and O–H groups in total. The molecule has 2 aromatic heterocycles. The molecule has 27 heavy (non-hydrogen) atoms. The first kappa shape index (κ1) is 17.5. The number of fused-ring (bicyclic) bond motifs is 1. The van der Waals surface area contributed by atoms with Crippen molar-refractivity contribution in [1.82, 2.24) is 19.9 Å². The van der Waals surface area contributed by atoms with Crippen LogP contribution in [0.1, 0.15) is 29.7 Å². The quantitative estimate of drug-likeness (QED) is 0.774. The van der Waals surface area contributed by atoms with Crippen LogP contribution in [-0.4, -0.2) is 39.6 Å². The van der Waals surface area contributed by atoms with Crippen LogP contribution in [0.3, 0.4) is 0 Å². The zero-order valence-electron chi connectivity index (χ0n) is 15.9. The summed E-state index contributed by atoms with van der Waals surface area (Å²) in [7, 11) is 0. The molecule has 1 aliphatic heterocycles. The lowest BCUT2D eigenvalue weighted by Gasteiger charge is -2.32. The number of nitrogens with zero attached hydrogens (tertiary/aromatic N) is 4. The molecule has 1 aromatic carbocycles. The van der Waals surface area contributed by atoms with E-state index in [1.165, 1.54) is 5.56 Å². The van der Waals surface area contributed by atoms with Crippen molar-refractivity contribution in [3.63, 3.8) is 0 Å². The van der Waals surface area contributed by atoms with E-state index in [0.29, 0.717) is 6.42 Å². The van der Waals surface area contributed by atoms with Crippen LogP contribution in [0.4, 0.5) is 5.95 Å². The average Bonchev–Trinajstić information content (AvgIpc) is 3.10. The SMILES string of the molecule is Cc1ccc(CC(=O)NC2CCN(c3nnc4cccc(C)n34)CC2)cc1. The van der Waals surface area contributed by atoms with Crippen molar-refractivity contribution in [3.8, 4) is 0 Å². The van der Waals surface area contributed by atoms with Gasteiger partial charge < -0.3 is 10.2 Å². The highest BCUT2D eigenvalue weighted by atomic mass is 16.1. The first-order valence-corrected chi connectivity index (χ1v) is 9.51. The molecule has 1 aliphatic rings. The van der Waals surface area contributed by atoms with E-state index >= 15 is 0 Å². The van der Waals surface area contributed by atoms with Crippen LogP contribution in [-0.2, 0) is 11.2 Å². The van der Waals surface area contributed by atoms with Gasteiger partial charge in [-0.15, -0.1) is 10.2 Å². The van der Waals surface area contributed by atoms with Crippen LogP contribution in [0, 0.1) is 13.8 Å². The fourth-order valence-electron chi connectivity index (χ4n) is 3.68. The predicted octanol–water partition coefficient (Wildman–Crippen LogP) is 2.67. The van der Waals surface area contributed by atoms with Gasteiger partial charge in [-0.05, 0) is 44.4 Å². The van der Waals surface area contributed by atoms with Crippen molar-refractivity contribution in [2.45, 2.75) is 39.2 Å². The van der Waals surface area contributed by atoms with E-state index in [1.54, 1.807) is 0 Å². The first-order chi connectivity index (χ1) is 13.1. The fraction of sp³-hybridized carbons (Fsp3) is 0.381. The maximum Gasteiger partial charge on any atom is 0.231 e. The molecule has 0 radical (unpaired) electrons. The number of hydrogen-bond acceptors (Lipinski definition) is 4. The molecule has 1 amide bonds. The minimum atomic E-state index is 0.0982. The Bertz CT molecular complexity index is 939. The van der Waals surface area contributed by atoms with Gasteiger partial charge in [-0.1, -0.05) is 35.9 Å². The highest BCUT2D eigenvalue weighted by Crippen LogP contribution is 2.20. The van der Waals surface area contributed by atoms with E-state index in [9.17, 15) is 4.79 Å². The van der Waals surface area contributed by atoms with Gasteiger partial charge in [0.2, 0.25) is 11.9 Å². The second-order valence-electron chi connectivity index (χ2n) is 7.35. The summed E-state index contributed by atoms with van der Waals surface area (Å²) in [5.74, 6) is 0.994. The number of pyridine rings is 1. The second kappa shape index (κ2) is 7.39. The predicted molar refractivity (Wildman–Crippen MR) is 106 cm³/mol. The van der Waals surface area contributed by atoms with Crippen molar-refractivity contribution in [2.75, 3.05) is 18.0 Å². The number of carbonyl (C=O) groups excluding carboxylic acids is 1. The molecule has 0 bridgehead atoms. The monoisotopic (exact) mass is 363 g/mol. The van der Waals surface area contributed by atoms with Gasteiger partial charge in [0.1, 0.15) is 0 Å². The lowest BCUT2D eigenvalue weighted by molar-refractivity contribution is -0.121. The van der Waals surface area contributed by atoms with Crippen LogP contribution >= 0.6 is 0 Å². The summed E-state index contributed by atoms with van der Waals surface area (Å²) in [5.41, 5.74) is 4.27. The zero-order chi connectivity index (χ0) is 18.8. The van der Waals surface area contributed by atoms with Gasteiger partial charge in [0.05, 0.1) is 6.42 Å². The minimum Gasteiger partial charge on any atom is -0.353 e. The van der Waals surface area contributed by atoms with Crippen molar-refractivity contribution in [2.24, 2.45) is 0 Å². The Hall–Kier alpha value is -2.89. The van der Waals surface area contributed by atoms with Crippen LogP contribution < -0.4 is 10.2 Å². The molecule has 1 saturated heterocycles. The molecule has 0 atom stereocenters. The Balaban J connectivity index is 1.34. The van der Waals surface area contributed by atoms with Crippen molar-refractivity contribution in [3.05, 3.63) is 59.3 Å². The number of piperidine rings is 1. The third-order valence-electron chi connectivity index (χ3n) is 5.23. The number of amides is 1. The number of aromatic nitrogens is 3. The van der Waals surface area contributed by atoms with E-state index in [2.05, 4.69) is 44.7 Å². The largest absolute Gasteiger partial charge is 0.353 e. The van der Waals surface area contributed by atoms with Crippen molar-refractivity contribution >= 4 is 17.5 Å². The van der Waals surface area contributed by atoms with Crippen LogP contribution in [0.25, 0.3) is 5.65 Å². The van der Waals surface area contributed by atoms with E-state index in [-0.39, 0.29) is 11.9 Å². The molecule has 4 rings (SSSR count). The summed E-state index contributed by atoms with van der Waals surface area (Å²) in [6.07, 6.45) is 2.27. The summed E-state index contributed by atoms with van der Waals surface area (Å²) in [5, 5.41) is 11.8. The van der Waals surface area contributed by atoms with Crippen LogP contribution in [0.15, 0.2) is 42.5 Å². The average molecular weight is 363 g/mol. The topological polar surface area (TPSA) is 62.5 Å². The van der Waals surface area contributed by atoms with Gasteiger partial charge in [-0.25, -0.2) is 0 Å². The number of nitrogens with one attached hydrogen (secondary N) is 1. The fourth-order valence-corrected chi connectivity index (χ4v) is 3.68. The lowest BCUT2D eigenvalue weighted by atomic mass is 10.0. The van der Waals surface area contributed by atoms with Crippen molar-refractivity contribution in [1.29, 1.82) is 0 Å². The molecule has 6 nitrogen and oxygen atoms in total. The molecule has 0 aliphatic carbocycles. The highest BCUT2D eigenvalue weighted by Gasteiger charge is 2.24. The Morgan fingerprint density at radius 3 is 2.56 bits per heavy atom. The summed E-state index contributed by atoms with van der Waals surface area (Å²) >= 11 is 0. The third-order valence-corrected chi connectivity index (χ3v) is 5.23. The van der Waals surface area contributed by atoms with Gasteiger partial charge in [0, 0.05) is 24.8 Å². The zero-order valence-corrected chi connectivity index (χ0v) is 15.9. The van der Waals surface area contributed by atoms with Gasteiger partial charge >= 0.3 is 0 Å². The molecule has 1 fully saturated rings. The molecule has 0 unspecified atom stereocenters. The molecule has 0 spiro atoms. The minimum absolute atomic E-state index is 0.0982. The number of aryl methyl sites for hydroxylation is 2. The lowest BCUT2D eigenvalue weighted by Crippen LogP contribution is -2.45. The Morgan fingerprint density at radius 1 is 1.07 bits per heavy atom. The number of rotatable bonds is 4. The number of benzene rings is 1. The molecule has 3 heterocycles. The number of anilines is 1. The molecule has 0 saturated carbocycles. The summed E-state index contributed by atoms with van der Waals surface area (Å²) in [6.45, 7) is 5.85. The Kier molecular flexibility index (Phi) is 4.79. The molecule has 6 heteroatoms.